The highest BCUT2D eigenvalue weighted by molar-refractivity contribution is 6.13. The van der Waals surface area contributed by atoms with E-state index in [9.17, 15) is 0 Å². The molecule has 2 aliphatic rings. The van der Waals surface area contributed by atoms with Gasteiger partial charge in [-0.15, -0.1) is 0 Å². The van der Waals surface area contributed by atoms with Gasteiger partial charge in [0.1, 0.15) is 11.3 Å². The molecule has 1 aliphatic heterocycles. The standard InChI is InChI=1S/C22H31N3O/c1-5-24-21-19(15(2)23)25-20(22(3,4)26-21)18-13-11-17(12-14-18)16-9-7-6-8-10-16/h11-14,16H,5-10,23H2,1-4H3/b19-15-,24-21?. The second-order valence-electron chi connectivity index (χ2n) is 7.84. The highest BCUT2D eigenvalue weighted by atomic mass is 16.5. The molecule has 0 unspecified atom stereocenters. The maximum atomic E-state index is 6.18. The number of hydrogen-bond acceptors (Lipinski definition) is 4. The van der Waals surface area contributed by atoms with E-state index in [1.54, 1.807) is 0 Å². The molecule has 4 heteroatoms. The summed E-state index contributed by atoms with van der Waals surface area (Å²) in [6.45, 7) is 8.54. The number of hydrogen-bond donors (Lipinski definition) is 1. The number of ether oxygens (including phenoxy) is 1. The molecule has 1 fully saturated rings. The van der Waals surface area contributed by atoms with Crippen molar-refractivity contribution in [2.45, 2.75) is 71.3 Å². The molecule has 2 N–H and O–H groups in total. The second kappa shape index (κ2) is 7.65. The molecule has 1 heterocycles. The lowest BCUT2D eigenvalue weighted by molar-refractivity contribution is 0.163. The fraction of sp³-hybridized carbons (Fsp3) is 0.545. The fourth-order valence-corrected chi connectivity index (χ4v) is 3.90. The normalized spacial score (nSPS) is 24.2. The molecule has 140 valence electrons. The number of allylic oxidation sites excluding steroid dienone is 1. The van der Waals surface area contributed by atoms with Crippen LogP contribution in [0.1, 0.15) is 76.8 Å². The van der Waals surface area contributed by atoms with Crippen LogP contribution in [0.4, 0.5) is 0 Å². The molecule has 26 heavy (non-hydrogen) atoms. The first-order chi connectivity index (χ1) is 12.4. The lowest BCUT2D eigenvalue weighted by Gasteiger charge is -2.33. The van der Waals surface area contributed by atoms with Crippen LogP contribution in [-0.2, 0) is 4.74 Å². The Bertz CT molecular complexity index is 731. The Kier molecular flexibility index (Phi) is 5.49. The zero-order valence-corrected chi connectivity index (χ0v) is 16.5. The summed E-state index contributed by atoms with van der Waals surface area (Å²) in [5.74, 6) is 1.25. The summed E-state index contributed by atoms with van der Waals surface area (Å²) in [5, 5.41) is 0. The van der Waals surface area contributed by atoms with Crippen LogP contribution in [0.25, 0.3) is 0 Å². The summed E-state index contributed by atoms with van der Waals surface area (Å²) in [6.07, 6.45) is 6.70. The van der Waals surface area contributed by atoms with Crippen LogP contribution in [0.3, 0.4) is 0 Å². The summed E-state index contributed by atoms with van der Waals surface area (Å²) in [6, 6.07) is 8.88. The SMILES string of the molecule is CCN=C1OC(C)(C)C(c2ccc(C3CCCCC3)cc2)=N/C1=C(/C)N. The molecule has 1 aromatic rings. The molecule has 0 amide bonds. The lowest BCUT2D eigenvalue weighted by atomic mass is 9.83. The van der Waals surface area contributed by atoms with E-state index in [0.29, 0.717) is 29.8 Å². The molecule has 0 atom stereocenters. The third-order valence-corrected chi connectivity index (χ3v) is 5.28. The van der Waals surface area contributed by atoms with Crippen molar-refractivity contribution >= 4 is 11.6 Å². The third-order valence-electron chi connectivity index (χ3n) is 5.28. The number of nitrogens with two attached hydrogens (primary N) is 1. The van der Waals surface area contributed by atoms with E-state index < -0.39 is 5.60 Å². The lowest BCUT2D eigenvalue weighted by Crippen LogP contribution is -2.42. The smallest absolute Gasteiger partial charge is 0.238 e. The average molecular weight is 354 g/mol. The number of rotatable bonds is 3. The molecule has 1 aliphatic carbocycles. The van der Waals surface area contributed by atoms with Crippen LogP contribution in [0.15, 0.2) is 45.6 Å². The van der Waals surface area contributed by atoms with Gasteiger partial charge in [-0.05, 0) is 52.0 Å². The Labute approximate surface area is 157 Å². The van der Waals surface area contributed by atoms with Gasteiger partial charge in [0.25, 0.3) is 0 Å². The summed E-state index contributed by atoms with van der Waals surface area (Å²) in [5.41, 5.74) is 10.2. The zero-order chi connectivity index (χ0) is 18.7. The van der Waals surface area contributed by atoms with Gasteiger partial charge in [-0.25, -0.2) is 4.99 Å². The molecular weight excluding hydrogens is 322 g/mol. The predicted molar refractivity (Wildman–Crippen MR) is 109 cm³/mol. The van der Waals surface area contributed by atoms with Gasteiger partial charge in [-0.3, -0.25) is 4.99 Å². The van der Waals surface area contributed by atoms with Gasteiger partial charge in [-0.2, -0.15) is 0 Å². The van der Waals surface area contributed by atoms with Crippen molar-refractivity contribution in [3.05, 3.63) is 46.8 Å². The minimum atomic E-state index is -0.542. The predicted octanol–water partition coefficient (Wildman–Crippen LogP) is 4.94. The van der Waals surface area contributed by atoms with E-state index in [1.807, 2.05) is 27.7 Å². The monoisotopic (exact) mass is 353 g/mol. The molecule has 0 radical (unpaired) electrons. The summed E-state index contributed by atoms with van der Waals surface area (Å²) in [7, 11) is 0. The van der Waals surface area contributed by atoms with E-state index in [1.165, 1.54) is 37.7 Å². The van der Waals surface area contributed by atoms with Gasteiger partial charge in [0.15, 0.2) is 0 Å². The molecule has 0 aromatic heterocycles. The third kappa shape index (κ3) is 3.84. The first-order valence-corrected chi connectivity index (χ1v) is 9.82. The van der Waals surface area contributed by atoms with Crippen LogP contribution < -0.4 is 5.73 Å². The first kappa shape index (κ1) is 18.7. The Hall–Kier alpha value is -2.10. The molecule has 0 bridgehead atoms. The van der Waals surface area contributed by atoms with Gasteiger partial charge < -0.3 is 10.5 Å². The number of benzene rings is 1. The van der Waals surface area contributed by atoms with Crippen molar-refractivity contribution in [1.29, 1.82) is 0 Å². The first-order valence-electron chi connectivity index (χ1n) is 9.82. The molecule has 1 aromatic carbocycles. The van der Waals surface area contributed by atoms with Gasteiger partial charge in [0.05, 0.1) is 5.71 Å². The maximum absolute atomic E-state index is 6.18. The van der Waals surface area contributed by atoms with Crippen molar-refractivity contribution in [2.24, 2.45) is 15.7 Å². The maximum Gasteiger partial charge on any atom is 0.238 e. The average Bonchev–Trinajstić information content (AvgIpc) is 2.62. The van der Waals surface area contributed by atoms with Crippen LogP contribution in [-0.4, -0.2) is 23.8 Å². The molecule has 4 nitrogen and oxygen atoms in total. The highest BCUT2D eigenvalue weighted by Crippen LogP contribution is 2.34. The Balaban J connectivity index is 1.95. The van der Waals surface area contributed by atoms with E-state index in [-0.39, 0.29) is 0 Å². The van der Waals surface area contributed by atoms with Crippen molar-refractivity contribution in [3.8, 4) is 0 Å². The number of aliphatic imine (C=N–C) groups is 2. The second-order valence-corrected chi connectivity index (χ2v) is 7.84. The molecule has 0 saturated heterocycles. The van der Waals surface area contributed by atoms with Crippen LogP contribution in [0, 0.1) is 0 Å². The van der Waals surface area contributed by atoms with Gasteiger partial charge in [-0.1, -0.05) is 43.5 Å². The molecule has 1 saturated carbocycles. The van der Waals surface area contributed by atoms with Crippen molar-refractivity contribution in [1.82, 2.24) is 0 Å². The zero-order valence-electron chi connectivity index (χ0n) is 16.5. The summed E-state index contributed by atoms with van der Waals surface area (Å²) >= 11 is 0. The summed E-state index contributed by atoms with van der Waals surface area (Å²) < 4.78 is 6.18. The van der Waals surface area contributed by atoms with Gasteiger partial charge in [0, 0.05) is 17.8 Å². The Morgan fingerprint density at radius 2 is 1.85 bits per heavy atom. The highest BCUT2D eigenvalue weighted by Gasteiger charge is 2.36. The minimum Gasteiger partial charge on any atom is -0.464 e. The van der Waals surface area contributed by atoms with Crippen LogP contribution in [0.5, 0.6) is 0 Å². The minimum absolute atomic E-state index is 0.542. The topological polar surface area (TPSA) is 60.0 Å². The summed E-state index contributed by atoms with van der Waals surface area (Å²) in [4.78, 5) is 9.30. The van der Waals surface area contributed by atoms with Gasteiger partial charge >= 0.3 is 0 Å². The Morgan fingerprint density at radius 3 is 2.42 bits per heavy atom. The van der Waals surface area contributed by atoms with Crippen molar-refractivity contribution < 1.29 is 4.74 Å². The molecule has 0 spiro atoms. The van der Waals surface area contributed by atoms with E-state index in [4.69, 9.17) is 15.5 Å². The number of nitrogens with zero attached hydrogens (tertiary/aromatic N) is 2. The Morgan fingerprint density at radius 1 is 1.19 bits per heavy atom. The van der Waals surface area contributed by atoms with Crippen molar-refractivity contribution in [3.63, 3.8) is 0 Å². The molecule has 3 rings (SSSR count). The van der Waals surface area contributed by atoms with Crippen molar-refractivity contribution in [2.75, 3.05) is 6.54 Å². The van der Waals surface area contributed by atoms with Crippen LogP contribution >= 0.6 is 0 Å². The van der Waals surface area contributed by atoms with Crippen LogP contribution in [0.2, 0.25) is 0 Å². The largest absolute Gasteiger partial charge is 0.464 e. The van der Waals surface area contributed by atoms with E-state index in [0.717, 1.165) is 11.3 Å². The molecular formula is C22H31N3O. The quantitative estimate of drug-likeness (QED) is 0.836. The van der Waals surface area contributed by atoms with Gasteiger partial charge in [0.2, 0.25) is 5.90 Å². The fourth-order valence-electron chi connectivity index (χ4n) is 3.90. The van der Waals surface area contributed by atoms with E-state index in [2.05, 4.69) is 29.3 Å². The van der Waals surface area contributed by atoms with E-state index >= 15 is 0 Å².